The number of halogens is 3. The number of esters is 1. The topological polar surface area (TPSA) is 26.3 Å². The molecule has 0 saturated carbocycles. The molecule has 0 unspecified atom stereocenters. The van der Waals surface area contributed by atoms with Gasteiger partial charge in [-0.3, -0.25) is 4.79 Å². The van der Waals surface area contributed by atoms with Gasteiger partial charge in [0, 0.05) is 27.4 Å². The highest BCUT2D eigenvalue weighted by Crippen LogP contribution is 2.40. The van der Waals surface area contributed by atoms with Crippen LogP contribution in [0.5, 0.6) is 0 Å². The van der Waals surface area contributed by atoms with Crippen molar-refractivity contribution in [1.29, 1.82) is 0 Å². The lowest BCUT2D eigenvalue weighted by molar-refractivity contribution is -0.146. The Kier molecular flexibility index (Phi) is 8.47. The third-order valence-electron chi connectivity index (χ3n) is 4.32. The zero-order valence-electron chi connectivity index (χ0n) is 17.2. The van der Waals surface area contributed by atoms with Crippen LogP contribution >= 0.6 is 23.5 Å². The second kappa shape index (κ2) is 11.3. The number of carbonyl (C=O) groups is 1. The van der Waals surface area contributed by atoms with Crippen LogP contribution in [0.25, 0.3) is 0 Å². The molecule has 7 heteroatoms. The lowest BCUT2D eigenvalue weighted by Crippen LogP contribution is -2.10. The molecular formula is C25H21F3O2S2. The normalized spacial score (nSPS) is 12.1. The number of thioether (sulfide) groups is 2. The number of benzene rings is 3. The second-order valence-corrected chi connectivity index (χ2v) is 9.30. The molecule has 0 aliphatic heterocycles. The van der Waals surface area contributed by atoms with Gasteiger partial charge in [0.15, 0.2) is 0 Å². The fraction of sp³-hybridized carbons (Fsp3) is 0.160. The lowest BCUT2D eigenvalue weighted by Gasteiger charge is -2.18. The number of hydrogen-bond acceptors (Lipinski definition) is 4. The second-order valence-electron chi connectivity index (χ2n) is 6.81. The van der Waals surface area contributed by atoms with E-state index in [9.17, 15) is 18.0 Å². The Balaban J connectivity index is 1.88. The van der Waals surface area contributed by atoms with Crippen LogP contribution in [0.4, 0.5) is 13.2 Å². The predicted molar refractivity (Wildman–Crippen MR) is 123 cm³/mol. The van der Waals surface area contributed by atoms with E-state index in [0.29, 0.717) is 5.56 Å². The Labute approximate surface area is 193 Å². The molecule has 0 aliphatic carbocycles. The molecule has 0 amide bonds. The molecule has 0 spiro atoms. The van der Waals surface area contributed by atoms with Crippen LogP contribution in [-0.4, -0.2) is 5.97 Å². The van der Waals surface area contributed by atoms with Gasteiger partial charge >= 0.3 is 12.1 Å². The van der Waals surface area contributed by atoms with Gasteiger partial charge in [-0.15, -0.1) is 0 Å². The fourth-order valence-corrected chi connectivity index (χ4v) is 5.04. The maximum absolute atomic E-state index is 13.2. The summed E-state index contributed by atoms with van der Waals surface area (Å²) in [5, 5.41) is 0. The van der Waals surface area contributed by atoms with Gasteiger partial charge in [0.25, 0.3) is 0 Å². The van der Waals surface area contributed by atoms with E-state index in [1.54, 1.807) is 29.6 Å². The molecule has 166 valence electrons. The van der Waals surface area contributed by atoms with Crippen LogP contribution in [0.2, 0.25) is 0 Å². The van der Waals surface area contributed by atoms with Gasteiger partial charge in [0.05, 0.1) is 5.56 Å². The van der Waals surface area contributed by atoms with Crippen LogP contribution in [0.15, 0.2) is 105 Å². The average Bonchev–Trinajstić information content (AvgIpc) is 2.77. The molecule has 0 saturated heterocycles. The van der Waals surface area contributed by atoms with Gasteiger partial charge in [-0.1, -0.05) is 78.1 Å². The van der Waals surface area contributed by atoms with Crippen LogP contribution < -0.4 is 0 Å². The number of rotatable bonds is 8. The van der Waals surface area contributed by atoms with Crippen molar-refractivity contribution in [3.05, 3.63) is 106 Å². The SMILES string of the molecule is CC(=O)O[C@@H](CC=C(Sc1ccccc1)Sc1ccccc1)c1cccc(C(F)(F)F)c1. The molecule has 1 atom stereocenters. The summed E-state index contributed by atoms with van der Waals surface area (Å²) in [5.74, 6) is -0.547. The summed E-state index contributed by atoms with van der Waals surface area (Å²) in [6, 6.07) is 24.5. The van der Waals surface area contributed by atoms with Crippen LogP contribution in [0.3, 0.4) is 0 Å². The minimum atomic E-state index is -4.47. The van der Waals surface area contributed by atoms with Crippen molar-refractivity contribution in [2.24, 2.45) is 0 Å². The van der Waals surface area contributed by atoms with E-state index in [4.69, 9.17) is 4.74 Å². The van der Waals surface area contributed by atoms with E-state index in [1.165, 1.54) is 13.0 Å². The minimum Gasteiger partial charge on any atom is -0.457 e. The highest BCUT2D eigenvalue weighted by molar-refractivity contribution is 8.22. The standard InChI is InChI=1S/C25H21F3O2S2/c1-18(29)30-23(19-9-8-10-20(17-19)25(26,27)28)15-16-24(31-21-11-4-2-5-12-21)32-22-13-6-3-7-14-22/h2-14,16-17,23H,15H2,1H3/t23-/m0/s1. The third-order valence-corrected chi connectivity index (χ3v) is 6.57. The largest absolute Gasteiger partial charge is 0.457 e. The van der Waals surface area contributed by atoms with Gasteiger partial charge < -0.3 is 4.74 Å². The molecule has 0 fully saturated rings. The number of alkyl halides is 3. The lowest BCUT2D eigenvalue weighted by atomic mass is 10.0. The Bertz CT molecular complexity index is 1010. The monoisotopic (exact) mass is 474 g/mol. The highest BCUT2D eigenvalue weighted by Gasteiger charge is 2.31. The van der Waals surface area contributed by atoms with E-state index >= 15 is 0 Å². The number of carbonyl (C=O) groups excluding carboxylic acids is 1. The van der Waals surface area contributed by atoms with Crippen molar-refractivity contribution in [2.45, 2.75) is 35.4 Å². The first-order chi connectivity index (χ1) is 15.3. The molecule has 3 aromatic carbocycles. The Morgan fingerprint density at radius 1 is 0.906 bits per heavy atom. The first-order valence-corrected chi connectivity index (χ1v) is 11.4. The molecular weight excluding hydrogens is 453 g/mol. The summed E-state index contributed by atoms with van der Waals surface area (Å²) < 4.78 is 45.8. The summed E-state index contributed by atoms with van der Waals surface area (Å²) in [6.07, 6.45) is -3.14. The van der Waals surface area contributed by atoms with E-state index in [0.717, 1.165) is 26.2 Å². The van der Waals surface area contributed by atoms with E-state index in [-0.39, 0.29) is 6.42 Å². The summed E-state index contributed by atoms with van der Waals surface area (Å²) >= 11 is 3.10. The summed E-state index contributed by atoms with van der Waals surface area (Å²) in [4.78, 5) is 13.7. The number of ether oxygens (including phenoxy) is 1. The van der Waals surface area contributed by atoms with Crippen LogP contribution in [-0.2, 0) is 15.7 Å². The highest BCUT2D eigenvalue weighted by atomic mass is 32.2. The zero-order valence-corrected chi connectivity index (χ0v) is 18.8. The first-order valence-electron chi connectivity index (χ1n) is 9.81. The smallest absolute Gasteiger partial charge is 0.416 e. The zero-order chi connectivity index (χ0) is 23.0. The van der Waals surface area contributed by atoms with Crippen molar-refractivity contribution in [3.8, 4) is 0 Å². The quantitative estimate of drug-likeness (QED) is 0.243. The first kappa shape index (κ1) is 24.0. The molecule has 0 heterocycles. The molecule has 2 nitrogen and oxygen atoms in total. The molecule has 0 radical (unpaired) electrons. The van der Waals surface area contributed by atoms with E-state index < -0.39 is 23.8 Å². The van der Waals surface area contributed by atoms with Crippen molar-refractivity contribution in [2.75, 3.05) is 0 Å². The van der Waals surface area contributed by atoms with Crippen LogP contribution in [0.1, 0.15) is 30.6 Å². The number of hydrogen-bond donors (Lipinski definition) is 0. The minimum absolute atomic E-state index is 0.246. The molecule has 0 aromatic heterocycles. The van der Waals surface area contributed by atoms with E-state index in [2.05, 4.69) is 0 Å². The van der Waals surface area contributed by atoms with Gasteiger partial charge in [-0.2, -0.15) is 13.2 Å². The van der Waals surface area contributed by atoms with Crippen molar-refractivity contribution in [3.63, 3.8) is 0 Å². The molecule has 3 aromatic rings. The molecule has 32 heavy (non-hydrogen) atoms. The Hall–Kier alpha value is -2.64. The Morgan fingerprint density at radius 3 is 1.97 bits per heavy atom. The van der Waals surface area contributed by atoms with Gasteiger partial charge in [-0.25, -0.2) is 0 Å². The summed E-state index contributed by atoms with van der Waals surface area (Å²) in [7, 11) is 0. The van der Waals surface area contributed by atoms with Crippen molar-refractivity contribution >= 4 is 29.5 Å². The summed E-state index contributed by atoms with van der Waals surface area (Å²) in [5.41, 5.74) is -0.464. The van der Waals surface area contributed by atoms with E-state index in [1.807, 2.05) is 66.7 Å². The predicted octanol–water partition coefficient (Wildman–Crippen LogP) is 8.13. The van der Waals surface area contributed by atoms with Gasteiger partial charge in [0.2, 0.25) is 0 Å². The average molecular weight is 475 g/mol. The molecule has 3 rings (SSSR count). The maximum Gasteiger partial charge on any atom is 0.416 e. The third kappa shape index (κ3) is 7.50. The van der Waals surface area contributed by atoms with Crippen LogP contribution in [0, 0.1) is 0 Å². The Morgan fingerprint density at radius 2 is 1.47 bits per heavy atom. The summed E-state index contributed by atoms with van der Waals surface area (Å²) in [6.45, 7) is 1.25. The van der Waals surface area contributed by atoms with Gasteiger partial charge in [-0.05, 0) is 42.0 Å². The molecule has 0 bridgehead atoms. The van der Waals surface area contributed by atoms with Crippen molar-refractivity contribution in [1.82, 2.24) is 0 Å². The van der Waals surface area contributed by atoms with Gasteiger partial charge in [0.1, 0.15) is 6.10 Å². The molecule has 0 N–H and O–H groups in total. The molecule has 0 aliphatic rings. The maximum atomic E-state index is 13.2. The van der Waals surface area contributed by atoms with Crippen molar-refractivity contribution < 1.29 is 22.7 Å². The fourth-order valence-electron chi connectivity index (χ4n) is 2.88.